The first-order valence-corrected chi connectivity index (χ1v) is 4.87. The van der Waals surface area contributed by atoms with Gasteiger partial charge in [0.2, 0.25) is 0 Å². The number of rotatable bonds is 2. The first-order valence-electron chi connectivity index (χ1n) is 4.49. The molecule has 0 aliphatic heterocycles. The Balaban J connectivity index is 2.18. The van der Waals surface area contributed by atoms with Crippen molar-refractivity contribution in [2.75, 3.05) is 0 Å². The van der Waals surface area contributed by atoms with Gasteiger partial charge in [-0.05, 0) is 24.6 Å². The van der Waals surface area contributed by atoms with Gasteiger partial charge in [0.1, 0.15) is 5.82 Å². The third kappa shape index (κ3) is 2.15. The van der Waals surface area contributed by atoms with Crippen molar-refractivity contribution < 1.29 is 0 Å². The number of aromatic amines is 1. The van der Waals surface area contributed by atoms with E-state index >= 15 is 0 Å². The van der Waals surface area contributed by atoms with Crippen molar-refractivity contribution in [2.24, 2.45) is 0 Å². The van der Waals surface area contributed by atoms with Crippen LogP contribution in [0.25, 0.3) is 0 Å². The second-order valence-corrected chi connectivity index (χ2v) is 3.74. The van der Waals surface area contributed by atoms with Crippen molar-refractivity contribution in [1.29, 1.82) is 0 Å². The second-order valence-electron chi connectivity index (χ2n) is 3.30. The molecular formula is C11H11ClN2. The summed E-state index contributed by atoms with van der Waals surface area (Å²) in [5.74, 6) is 0.946. The average Bonchev–Trinajstić information content (AvgIpc) is 2.51. The van der Waals surface area contributed by atoms with Crippen LogP contribution < -0.4 is 0 Å². The Morgan fingerprint density at radius 2 is 2.29 bits per heavy atom. The standard InChI is InChI=1S/C11H11ClN2/c1-8-13-7-11(14-8)6-9-3-2-4-10(12)5-9/h2-5,7H,6H2,1H3,(H,13,14). The Bertz CT molecular complexity index is 434. The number of benzene rings is 1. The molecule has 1 heterocycles. The van der Waals surface area contributed by atoms with Crippen LogP contribution in [0.15, 0.2) is 30.5 Å². The Morgan fingerprint density at radius 1 is 1.43 bits per heavy atom. The van der Waals surface area contributed by atoms with Gasteiger partial charge in [0, 0.05) is 23.3 Å². The summed E-state index contributed by atoms with van der Waals surface area (Å²) in [6.45, 7) is 1.95. The number of aryl methyl sites for hydroxylation is 1. The van der Waals surface area contributed by atoms with Gasteiger partial charge in [-0.1, -0.05) is 23.7 Å². The van der Waals surface area contributed by atoms with E-state index in [1.165, 1.54) is 5.56 Å². The molecule has 0 saturated carbocycles. The molecule has 0 aliphatic rings. The van der Waals surface area contributed by atoms with Crippen LogP contribution in [-0.2, 0) is 6.42 Å². The van der Waals surface area contributed by atoms with Gasteiger partial charge < -0.3 is 4.98 Å². The summed E-state index contributed by atoms with van der Waals surface area (Å²) in [6.07, 6.45) is 2.71. The van der Waals surface area contributed by atoms with Crippen molar-refractivity contribution in [1.82, 2.24) is 9.97 Å². The SMILES string of the molecule is Cc1ncc(Cc2cccc(Cl)c2)[nH]1. The van der Waals surface area contributed by atoms with Crippen LogP contribution >= 0.6 is 11.6 Å². The van der Waals surface area contributed by atoms with E-state index in [0.29, 0.717) is 0 Å². The summed E-state index contributed by atoms with van der Waals surface area (Å²) in [5, 5.41) is 0.777. The fourth-order valence-electron chi connectivity index (χ4n) is 1.43. The van der Waals surface area contributed by atoms with Crippen LogP contribution in [0.3, 0.4) is 0 Å². The summed E-state index contributed by atoms with van der Waals surface area (Å²) in [5.41, 5.74) is 2.31. The molecule has 0 aliphatic carbocycles. The highest BCUT2D eigenvalue weighted by Crippen LogP contribution is 2.13. The van der Waals surface area contributed by atoms with Crippen LogP contribution in [0, 0.1) is 6.92 Å². The molecular weight excluding hydrogens is 196 g/mol. The van der Waals surface area contributed by atoms with Gasteiger partial charge in [-0.25, -0.2) is 4.98 Å². The molecule has 0 amide bonds. The predicted octanol–water partition coefficient (Wildman–Crippen LogP) is 2.96. The summed E-state index contributed by atoms with van der Waals surface area (Å²) < 4.78 is 0. The topological polar surface area (TPSA) is 28.7 Å². The van der Waals surface area contributed by atoms with Crippen molar-refractivity contribution in [3.63, 3.8) is 0 Å². The maximum Gasteiger partial charge on any atom is 0.103 e. The van der Waals surface area contributed by atoms with Crippen molar-refractivity contribution in [2.45, 2.75) is 13.3 Å². The van der Waals surface area contributed by atoms with Crippen LogP contribution in [0.5, 0.6) is 0 Å². The van der Waals surface area contributed by atoms with Crippen molar-refractivity contribution in [3.8, 4) is 0 Å². The minimum atomic E-state index is 0.777. The molecule has 2 rings (SSSR count). The molecule has 1 aromatic heterocycles. The molecule has 1 N–H and O–H groups in total. The number of aromatic nitrogens is 2. The van der Waals surface area contributed by atoms with Gasteiger partial charge in [0.05, 0.1) is 0 Å². The van der Waals surface area contributed by atoms with Crippen molar-refractivity contribution in [3.05, 3.63) is 52.6 Å². The summed E-state index contributed by atoms with van der Waals surface area (Å²) in [6, 6.07) is 7.87. The first-order chi connectivity index (χ1) is 6.74. The highest BCUT2D eigenvalue weighted by molar-refractivity contribution is 6.30. The zero-order chi connectivity index (χ0) is 9.97. The number of imidazole rings is 1. The molecule has 2 nitrogen and oxygen atoms in total. The molecule has 0 bridgehead atoms. The Morgan fingerprint density at radius 3 is 2.93 bits per heavy atom. The van der Waals surface area contributed by atoms with E-state index in [0.717, 1.165) is 23.0 Å². The highest BCUT2D eigenvalue weighted by Gasteiger charge is 1.99. The van der Waals surface area contributed by atoms with Gasteiger partial charge in [-0.15, -0.1) is 0 Å². The molecule has 0 fully saturated rings. The summed E-state index contributed by atoms with van der Waals surface area (Å²) in [4.78, 5) is 7.34. The normalized spacial score (nSPS) is 10.4. The lowest BCUT2D eigenvalue weighted by molar-refractivity contribution is 1.07. The van der Waals surface area contributed by atoms with E-state index in [1.54, 1.807) is 0 Å². The highest BCUT2D eigenvalue weighted by atomic mass is 35.5. The lowest BCUT2D eigenvalue weighted by Gasteiger charge is -1.98. The van der Waals surface area contributed by atoms with Crippen molar-refractivity contribution >= 4 is 11.6 Å². The monoisotopic (exact) mass is 206 g/mol. The maximum atomic E-state index is 5.89. The van der Waals surface area contributed by atoms with Gasteiger partial charge in [0.25, 0.3) is 0 Å². The van der Waals surface area contributed by atoms with E-state index in [1.807, 2.05) is 31.3 Å². The molecule has 0 spiro atoms. The molecule has 0 radical (unpaired) electrons. The Hall–Kier alpha value is -1.28. The van der Waals surface area contributed by atoms with Crippen LogP contribution in [0.4, 0.5) is 0 Å². The number of hydrogen-bond donors (Lipinski definition) is 1. The third-order valence-corrected chi connectivity index (χ3v) is 2.27. The third-order valence-electron chi connectivity index (χ3n) is 2.04. The van der Waals surface area contributed by atoms with Gasteiger partial charge in [-0.2, -0.15) is 0 Å². The smallest absolute Gasteiger partial charge is 0.103 e. The van der Waals surface area contributed by atoms with E-state index in [9.17, 15) is 0 Å². The van der Waals surface area contributed by atoms with E-state index < -0.39 is 0 Å². The van der Waals surface area contributed by atoms with E-state index in [4.69, 9.17) is 11.6 Å². The average molecular weight is 207 g/mol. The first kappa shape index (κ1) is 9.28. The lowest BCUT2D eigenvalue weighted by atomic mass is 10.1. The molecule has 1 aromatic carbocycles. The number of nitrogens with one attached hydrogen (secondary N) is 1. The largest absolute Gasteiger partial charge is 0.346 e. The Kier molecular flexibility index (Phi) is 2.55. The zero-order valence-electron chi connectivity index (χ0n) is 7.92. The fraction of sp³-hybridized carbons (Fsp3) is 0.182. The quantitative estimate of drug-likeness (QED) is 0.804. The fourth-order valence-corrected chi connectivity index (χ4v) is 1.64. The van der Waals surface area contributed by atoms with Crippen LogP contribution in [-0.4, -0.2) is 9.97 Å². The molecule has 2 aromatic rings. The number of H-pyrrole nitrogens is 1. The van der Waals surface area contributed by atoms with E-state index in [2.05, 4.69) is 16.0 Å². The maximum absolute atomic E-state index is 5.89. The molecule has 0 atom stereocenters. The number of hydrogen-bond acceptors (Lipinski definition) is 1. The molecule has 0 saturated heterocycles. The second kappa shape index (κ2) is 3.84. The molecule has 0 unspecified atom stereocenters. The molecule has 3 heteroatoms. The Labute approximate surface area is 88.0 Å². The summed E-state index contributed by atoms with van der Waals surface area (Å²) >= 11 is 5.89. The van der Waals surface area contributed by atoms with Crippen LogP contribution in [0.1, 0.15) is 17.1 Å². The summed E-state index contributed by atoms with van der Waals surface area (Å²) in [7, 11) is 0. The van der Waals surface area contributed by atoms with E-state index in [-0.39, 0.29) is 0 Å². The predicted molar refractivity (Wildman–Crippen MR) is 57.6 cm³/mol. The minimum absolute atomic E-state index is 0.777. The number of nitrogens with zero attached hydrogens (tertiary/aromatic N) is 1. The molecule has 72 valence electrons. The van der Waals surface area contributed by atoms with Crippen LogP contribution in [0.2, 0.25) is 5.02 Å². The number of halogens is 1. The van der Waals surface area contributed by atoms with Gasteiger partial charge in [-0.3, -0.25) is 0 Å². The minimum Gasteiger partial charge on any atom is -0.346 e. The van der Waals surface area contributed by atoms with Gasteiger partial charge >= 0.3 is 0 Å². The molecule has 14 heavy (non-hydrogen) atoms. The lowest BCUT2D eigenvalue weighted by Crippen LogP contribution is -1.87. The van der Waals surface area contributed by atoms with Gasteiger partial charge in [0.15, 0.2) is 0 Å². The zero-order valence-corrected chi connectivity index (χ0v) is 8.67.